The molecule has 18 heavy (non-hydrogen) atoms. The van der Waals surface area contributed by atoms with Gasteiger partial charge in [0.15, 0.2) is 5.78 Å². The molecule has 0 saturated heterocycles. The summed E-state index contributed by atoms with van der Waals surface area (Å²) in [5.74, 6) is 0.310. The summed E-state index contributed by atoms with van der Waals surface area (Å²) < 4.78 is 2.28. The first kappa shape index (κ1) is 11.7. The van der Waals surface area contributed by atoms with Crippen LogP contribution in [0.1, 0.15) is 51.6 Å². The average Bonchev–Trinajstić information content (AvgIpc) is 2.95. The number of hydrogen-bond donors (Lipinski definition) is 0. The van der Waals surface area contributed by atoms with E-state index in [2.05, 4.69) is 36.7 Å². The molecule has 2 nitrogen and oxygen atoms in total. The summed E-state index contributed by atoms with van der Waals surface area (Å²) in [5, 5.41) is 0. The van der Waals surface area contributed by atoms with Gasteiger partial charge in [-0.2, -0.15) is 0 Å². The highest BCUT2D eigenvalue weighted by molar-refractivity contribution is 7.12. The maximum Gasteiger partial charge on any atom is 0.164 e. The van der Waals surface area contributed by atoms with Crippen LogP contribution in [0.2, 0.25) is 0 Å². The molecule has 0 bridgehead atoms. The minimum atomic E-state index is 0.310. The first-order chi connectivity index (χ1) is 8.66. The van der Waals surface area contributed by atoms with E-state index in [1.54, 1.807) is 0 Å². The molecule has 0 amide bonds. The molecule has 0 radical (unpaired) electrons. The molecule has 0 aliphatic heterocycles. The Kier molecular flexibility index (Phi) is 2.86. The van der Waals surface area contributed by atoms with Crippen LogP contribution in [-0.4, -0.2) is 10.4 Å². The fraction of sp³-hybridized carbons (Fsp3) is 0.400. The zero-order valence-corrected chi connectivity index (χ0v) is 11.6. The molecule has 1 unspecified atom stereocenters. The Morgan fingerprint density at radius 3 is 2.83 bits per heavy atom. The van der Waals surface area contributed by atoms with Crippen LogP contribution in [0.15, 0.2) is 24.4 Å². The van der Waals surface area contributed by atoms with Crippen LogP contribution in [0.25, 0.3) is 0 Å². The standard InChI is InChI=1S/C15H17NOS/c1-10-6-7-15(18-10)11(2)16-9-8-12-13(16)4-3-5-14(12)17/h6-9,11H,3-5H2,1-2H3. The maximum atomic E-state index is 11.9. The van der Waals surface area contributed by atoms with Gasteiger partial charge in [-0.3, -0.25) is 4.79 Å². The number of rotatable bonds is 2. The van der Waals surface area contributed by atoms with Crippen LogP contribution in [0.4, 0.5) is 0 Å². The van der Waals surface area contributed by atoms with Crippen LogP contribution in [0.3, 0.4) is 0 Å². The van der Waals surface area contributed by atoms with Gasteiger partial charge in [-0.25, -0.2) is 0 Å². The Labute approximate surface area is 111 Å². The molecule has 94 valence electrons. The summed E-state index contributed by atoms with van der Waals surface area (Å²) in [7, 11) is 0. The van der Waals surface area contributed by atoms with Crippen molar-refractivity contribution in [3.05, 3.63) is 45.4 Å². The van der Waals surface area contributed by atoms with Gasteiger partial charge in [0.2, 0.25) is 0 Å². The van der Waals surface area contributed by atoms with Gasteiger partial charge in [0.25, 0.3) is 0 Å². The molecular weight excluding hydrogens is 242 g/mol. The van der Waals surface area contributed by atoms with E-state index in [1.165, 1.54) is 15.4 Å². The van der Waals surface area contributed by atoms with E-state index in [4.69, 9.17) is 0 Å². The van der Waals surface area contributed by atoms with Gasteiger partial charge in [-0.1, -0.05) is 0 Å². The van der Waals surface area contributed by atoms with Crippen LogP contribution in [0.5, 0.6) is 0 Å². The third-order valence-electron chi connectivity index (χ3n) is 3.73. The van der Waals surface area contributed by atoms with Crippen molar-refractivity contribution in [2.45, 2.75) is 39.2 Å². The Hall–Kier alpha value is -1.35. The number of Topliss-reactive ketones (excluding diaryl/α,β-unsaturated/α-hetero) is 1. The highest BCUT2D eigenvalue weighted by Crippen LogP contribution is 2.31. The fourth-order valence-corrected chi connectivity index (χ4v) is 3.65. The minimum Gasteiger partial charge on any atom is -0.343 e. The van der Waals surface area contributed by atoms with Crippen LogP contribution in [-0.2, 0) is 6.42 Å². The lowest BCUT2D eigenvalue weighted by Gasteiger charge is -2.19. The van der Waals surface area contributed by atoms with Gasteiger partial charge in [0.1, 0.15) is 0 Å². The van der Waals surface area contributed by atoms with E-state index in [0.717, 1.165) is 18.4 Å². The van der Waals surface area contributed by atoms with Crippen molar-refractivity contribution >= 4 is 17.1 Å². The minimum absolute atomic E-state index is 0.310. The van der Waals surface area contributed by atoms with E-state index >= 15 is 0 Å². The van der Waals surface area contributed by atoms with Crippen molar-refractivity contribution in [2.75, 3.05) is 0 Å². The first-order valence-electron chi connectivity index (χ1n) is 6.46. The van der Waals surface area contributed by atoms with Crippen molar-refractivity contribution in [3.8, 4) is 0 Å². The van der Waals surface area contributed by atoms with Crippen molar-refractivity contribution in [2.24, 2.45) is 0 Å². The van der Waals surface area contributed by atoms with Crippen molar-refractivity contribution in [1.29, 1.82) is 0 Å². The van der Waals surface area contributed by atoms with E-state index in [1.807, 2.05) is 17.4 Å². The molecule has 2 heterocycles. The lowest BCUT2D eigenvalue weighted by molar-refractivity contribution is 0.0971. The Balaban J connectivity index is 2.00. The zero-order valence-electron chi connectivity index (χ0n) is 10.8. The smallest absolute Gasteiger partial charge is 0.164 e. The monoisotopic (exact) mass is 259 g/mol. The third kappa shape index (κ3) is 1.83. The summed E-state index contributed by atoms with van der Waals surface area (Å²) >= 11 is 1.84. The number of ketones is 1. The number of nitrogens with zero attached hydrogens (tertiary/aromatic N) is 1. The molecule has 2 aromatic heterocycles. The van der Waals surface area contributed by atoms with E-state index in [-0.39, 0.29) is 0 Å². The maximum absolute atomic E-state index is 11.9. The van der Waals surface area contributed by atoms with Crippen molar-refractivity contribution in [1.82, 2.24) is 4.57 Å². The Morgan fingerprint density at radius 1 is 1.28 bits per heavy atom. The molecule has 1 aliphatic carbocycles. The number of thiophene rings is 1. The molecule has 0 spiro atoms. The van der Waals surface area contributed by atoms with Crippen molar-refractivity contribution < 1.29 is 4.79 Å². The van der Waals surface area contributed by atoms with Gasteiger partial charge in [0.05, 0.1) is 6.04 Å². The highest BCUT2D eigenvalue weighted by Gasteiger charge is 2.23. The second-order valence-electron chi connectivity index (χ2n) is 4.98. The van der Waals surface area contributed by atoms with Crippen LogP contribution >= 0.6 is 11.3 Å². The fourth-order valence-electron chi connectivity index (χ4n) is 2.73. The summed E-state index contributed by atoms with van der Waals surface area (Å²) in [6.45, 7) is 4.35. The number of carbonyl (C=O) groups excluding carboxylic acids is 1. The van der Waals surface area contributed by atoms with Gasteiger partial charge in [-0.05, 0) is 44.9 Å². The number of fused-ring (bicyclic) bond motifs is 1. The largest absolute Gasteiger partial charge is 0.343 e. The molecule has 3 rings (SSSR count). The van der Waals surface area contributed by atoms with Gasteiger partial charge >= 0.3 is 0 Å². The van der Waals surface area contributed by atoms with Gasteiger partial charge in [0, 0.05) is 33.6 Å². The summed E-state index contributed by atoms with van der Waals surface area (Å²) in [4.78, 5) is 14.6. The topological polar surface area (TPSA) is 22.0 Å². The third-order valence-corrected chi connectivity index (χ3v) is 4.90. The predicted octanol–water partition coefficient (Wildman–Crippen LogP) is 3.99. The second kappa shape index (κ2) is 4.39. The molecule has 0 saturated carbocycles. The predicted molar refractivity (Wildman–Crippen MR) is 74.6 cm³/mol. The molecule has 1 aliphatic rings. The number of hydrogen-bond acceptors (Lipinski definition) is 2. The van der Waals surface area contributed by atoms with Crippen LogP contribution < -0.4 is 0 Å². The normalized spacial score (nSPS) is 16.7. The zero-order chi connectivity index (χ0) is 12.7. The lowest BCUT2D eigenvalue weighted by Crippen LogP contribution is -2.15. The highest BCUT2D eigenvalue weighted by atomic mass is 32.1. The molecule has 0 N–H and O–H groups in total. The van der Waals surface area contributed by atoms with Gasteiger partial charge in [-0.15, -0.1) is 11.3 Å². The number of aryl methyl sites for hydroxylation is 1. The van der Waals surface area contributed by atoms with Crippen molar-refractivity contribution in [3.63, 3.8) is 0 Å². The summed E-state index contributed by atoms with van der Waals surface area (Å²) in [6, 6.07) is 6.69. The molecule has 0 aromatic carbocycles. The summed E-state index contributed by atoms with van der Waals surface area (Å²) in [6.07, 6.45) is 4.81. The van der Waals surface area contributed by atoms with E-state index in [0.29, 0.717) is 18.2 Å². The van der Waals surface area contributed by atoms with E-state index < -0.39 is 0 Å². The quantitative estimate of drug-likeness (QED) is 0.799. The van der Waals surface area contributed by atoms with Crippen LogP contribution in [0, 0.1) is 6.92 Å². The molecule has 2 aromatic rings. The first-order valence-corrected chi connectivity index (χ1v) is 7.27. The Bertz CT molecular complexity index is 593. The average molecular weight is 259 g/mol. The molecule has 0 fully saturated rings. The SMILES string of the molecule is Cc1ccc(C(C)n2ccc3c2CCCC3=O)s1. The molecular formula is C15H17NOS. The van der Waals surface area contributed by atoms with Gasteiger partial charge < -0.3 is 4.57 Å². The number of aromatic nitrogens is 1. The second-order valence-corrected chi connectivity index (χ2v) is 6.30. The lowest BCUT2D eigenvalue weighted by atomic mass is 9.96. The van der Waals surface area contributed by atoms with E-state index in [9.17, 15) is 4.79 Å². The Morgan fingerprint density at radius 2 is 2.11 bits per heavy atom. The number of carbonyl (C=O) groups is 1. The molecule has 3 heteroatoms. The molecule has 1 atom stereocenters. The summed E-state index contributed by atoms with van der Waals surface area (Å²) in [5.41, 5.74) is 2.17.